The molecule has 1 rings (SSSR count). The van der Waals surface area contributed by atoms with Crippen molar-refractivity contribution < 1.29 is 9.53 Å². The minimum Gasteiger partial charge on any atom is -0.369 e. The molecule has 0 aliphatic heterocycles. The van der Waals surface area contributed by atoms with Crippen LogP contribution in [0.2, 0.25) is 0 Å². The van der Waals surface area contributed by atoms with Crippen molar-refractivity contribution in [3.8, 4) is 0 Å². The number of alkyl halides is 1. The van der Waals surface area contributed by atoms with Gasteiger partial charge < -0.3 is 10.1 Å². The maximum absolute atomic E-state index is 11.4. The van der Waals surface area contributed by atoms with Crippen LogP contribution in [0.3, 0.4) is 0 Å². The number of nitrogens with one attached hydrogen (secondary N) is 1. The maximum atomic E-state index is 11.4. The number of carbonyl (C=O) groups excluding carboxylic acids is 1. The SMILES string of the molecule is CC(C)OCC(=O)NCC1CCCC(Br)C1. The lowest BCUT2D eigenvalue weighted by Gasteiger charge is -2.25. The van der Waals surface area contributed by atoms with Gasteiger partial charge in [0.1, 0.15) is 6.61 Å². The highest BCUT2D eigenvalue weighted by Crippen LogP contribution is 2.28. The lowest BCUT2D eigenvalue weighted by Crippen LogP contribution is -2.34. The lowest BCUT2D eigenvalue weighted by molar-refractivity contribution is -0.127. The molecule has 0 spiro atoms. The van der Waals surface area contributed by atoms with Crippen LogP contribution in [0, 0.1) is 5.92 Å². The summed E-state index contributed by atoms with van der Waals surface area (Å²) in [5.74, 6) is 0.631. The maximum Gasteiger partial charge on any atom is 0.246 e. The van der Waals surface area contributed by atoms with Gasteiger partial charge in [0.25, 0.3) is 0 Å². The molecule has 0 aromatic heterocycles. The molecule has 1 amide bonds. The topological polar surface area (TPSA) is 38.3 Å². The van der Waals surface area contributed by atoms with Crippen molar-refractivity contribution in [2.75, 3.05) is 13.2 Å². The molecule has 1 fully saturated rings. The summed E-state index contributed by atoms with van der Waals surface area (Å²) >= 11 is 3.65. The zero-order valence-electron chi connectivity index (χ0n) is 10.2. The van der Waals surface area contributed by atoms with Gasteiger partial charge in [-0.1, -0.05) is 22.4 Å². The number of carbonyl (C=O) groups is 1. The lowest BCUT2D eigenvalue weighted by atomic mass is 9.89. The zero-order valence-corrected chi connectivity index (χ0v) is 11.8. The van der Waals surface area contributed by atoms with Crippen LogP contribution in [0.15, 0.2) is 0 Å². The third-order valence-electron chi connectivity index (χ3n) is 2.85. The van der Waals surface area contributed by atoms with Crippen molar-refractivity contribution in [1.82, 2.24) is 5.32 Å². The van der Waals surface area contributed by atoms with Crippen molar-refractivity contribution in [3.05, 3.63) is 0 Å². The van der Waals surface area contributed by atoms with Gasteiger partial charge in [-0.3, -0.25) is 4.79 Å². The monoisotopic (exact) mass is 291 g/mol. The molecule has 0 bridgehead atoms. The number of amides is 1. The standard InChI is InChI=1S/C12H22BrNO2/c1-9(2)16-8-12(15)14-7-10-4-3-5-11(13)6-10/h9-11H,3-8H2,1-2H3,(H,14,15). The van der Waals surface area contributed by atoms with E-state index in [2.05, 4.69) is 21.2 Å². The summed E-state index contributed by atoms with van der Waals surface area (Å²) in [5, 5.41) is 2.94. The fraction of sp³-hybridized carbons (Fsp3) is 0.917. The minimum absolute atomic E-state index is 0.00500. The molecule has 16 heavy (non-hydrogen) atoms. The first-order chi connectivity index (χ1) is 7.58. The molecule has 1 aliphatic carbocycles. The molecule has 2 unspecified atom stereocenters. The van der Waals surface area contributed by atoms with E-state index in [-0.39, 0.29) is 18.6 Å². The Morgan fingerprint density at radius 3 is 2.88 bits per heavy atom. The molecule has 0 heterocycles. The number of hydrogen-bond acceptors (Lipinski definition) is 2. The van der Waals surface area contributed by atoms with Crippen LogP contribution in [-0.2, 0) is 9.53 Å². The highest BCUT2D eigenvalue weighted by molar-refractivity contribution is 9.09. The van der Waals surface area contributed by atoms with Gasteiger partial charge in [0.05, 0.1) is 6.10 Å². The minimum atomic E-state index is 0.00500. The Bertz CT molecular complexity index is 221. The molecule has 0 aromatic rings. The predicted octanol–water partition coefficient (Wildman–Crippen LogP) is 2.48. The van der Waals surface area contributed by atoms with Crippen LogP contribution in [0.25, 0.3) is 0 Å². The van der Waals surface area contributed by atoms with Gasteiger partial charge in [-0.15, -0.1) is 0 Å². The number of ether oxygens (including phenoxy) is 1. The van der Waals surface area contributed by atoms with Crippen molar-refractivity contribution >= 4 is 21.8 Å². The molecule has 0 saturated heterocycles. The number of hydrogen-bond donors (Lipinski definition) is 1. The molecule has 0 radical (unpaired) electrons. The van der Waals surface area contributed by atoms with Crippen molar-refractivity contribution in [3.63, 3.8) is 0 Å². The van der Waals surface area contributed by atoms with E-state index in [1.807, 2.05) is 13.8 Å². The van der Waals surface area contributed by atoms with E-state index >= 15 is 0 Å². The van der Waals surface area contributed by atoms with Gasteiger partial charge in [-0.25, -0.2) is 0 Å². The second-order valence-corrected chi connectivity index (χ2v) is 6.09. The first-order valence-corrected chi connectivity index (χ1v) is 7.02. The molecule has 2 atom stereocenters. The average Bonchev–Trinajstić information content (AvgIpc) is 2.23. The third kappa shape index (κ3) is 5.85. The Kier molecular flexibility index (Phi) is 6.36. The van der Waals surface area contributed by atoms with Crippen LogP contribution < -0.4 is 5.32 Å². The van der Waals surface area contributed by atoms with Gasteiger partial charge in [0, 0.05) is 11.4 Å². The summed E-state index contributed by atoms with van der Waals surface area (Å²) < 4.78 is 5.24. The molecule has 3 nitrogen and oxygen atoms in total. The highest BCUT2D eigenvalue weighted by Gasteiger charge is 2.20. The third-order valence-corrected chi connectivity index (χ3v) is 3.69. The highest BCUT2D eigenvalue weighted by atomic mass is 79.9. The van der Waals surface area contributed by atoms with Gasteiger partial charge in [0.2, 0.25) is 5.91 Å². The summed E-state index contributed by atoms with van der Waals surface area (Å²) in [6, 6.07) is 0. The van der Waals surface area contributed by atoms with E-state index in [1.54, 1.807) is 0 Å². The van der Waals surface area contributed by atoms with Gasteiger partial charge in [-0.05, 0) is 39.0 Å². The Balaban J connectivity index is 2.11. The van der Waals surface area contributed by atoms with E-state index < -0.39 is 0 Å². The average molecular weight is 292 g/mol. The Morgan fingerprint density at radius 1 is 1.50 bits per heavy atom. The van der Waals surface area contributed by atoms with Crippen molar-refractivity contribution in [2.24, 2.45) is 5.92 Å². The Morgan fingerprint density at radius 2 is 2.25 bits per heavy atom. The molecule has 1 aliphatic rings. The fourth-order valence-electron chi connectivity index (χ4n) is 1.96. The van der Waals surface area contributed by atoms with Crippen LogP contribution in [-0.4, -0.2) is 30.0 Å². The molecule has 94 valence electrons. The fourth-order valence-corrected chi connectivity index (χ4v) is 2.81. The summed E-state index contributed by atoms with van der Waals surface area (Å²) in [5.41, 5.74) is 0. The predicted molar refractivity (Wildman–Crippen MR) is 68.8 cm³/mol. The van der Waals surface area contributed by atoms with Crippen LogP contribution in [0.5, 0.6) is 0 Å². The molecular weight excluding hydrogens is 270 g/mol. The molecule has 0 aromatic carbocycles. The van der Waals surface area contributed by atoms with Gasteiger partial charge in [0.15, 0.2) is 0 Å². The summed E-state index contributed by atoms with van der Waals surface area (Å²) in [6.45, 7) is 4.85. The van der Waals surface area contributed by atoms with Crippen molar-refractivity contribution in [1.29, 1.82) is 0 Å². The van der Waals surface area contributed by atoms with Crippen molar-refractivity contribution in [2.45, 2.75) is 50.5 Å². The number of rotatable bonds is 5. The summed E-state index contributed by atoms with van der Waals surface area (Å²) in [4.78, 5) is 12.1. The normalized spacial score (nSPS) is 25.8. The van der Waals surface area contributed by atoms with E-state index in [9.17, 15) is 4.79 Å². The van der Waals surface area contributed by atoms with Gasteiger partial charge in [-0.2, -0.15) is 0 Å². The number of halogens is 1. The van der Waals surface area contributed by atoms with Crippen LogP contribution >= 0.6 is 15.9 Å². The first kappa shape index (κ1) is 14.0. The van der Waals surface area contributed by atoms with Crippen LogP contribution in [0.1, 0.15) is 39.5 Å². The quantitative estimate of drug-likeness (QED) is 0.791. The van der Waals surface area contributed by atoms with E-state index in [1.165, 1.54) is 25.7 Å². The van der Waals surface area contributed by atoms with E-state index in [4.69, 9.17) is 4.74 Å². The molecule has 1 saturated carbocycles. The molecular formula is C12H22BrNO2. The Labute approximate surface area is 106 Å². The van der Waals surface area contributed by atoms with Crippen LogP contribution in [0.4, 0.5) is 0 Å². The second kappa shape index (κ2) is 7.28. The largest absolute Gasteiger partial charge is 0.369 e. The second-order valence-electron chi connectivity index (χ2n) is 4.79. The summed E-state index contributed by atoms with van der Waals surface area (Å²) in [7, 11) is 0. The van der Waals surface area contributed by atoms with E-state index in [0.29, 0.717) is 10.7 Å². The van der Waals surface area contributed by atoms with E-state index in [0.717, 1.165) is 6.54 Å². The molecule has 1 N–H and O–H groups in total. The smallest absolute Gasteiger partial charge is 0.246 e. The zero-order chi connectivity index (χ0) is 12.0. The first-order valence-electron chi connectivity index (χ1n) is 6.10. The summed E-state index contributed by atoms with van der Waals surface area (Å²) in [6.07, 6.45) is 5.05. The Hall–Kier alpha value is -0.0900. The van der Waals surface area contributed by atoms with Gasteiger partial charge >= 0.3 is 0 Å². The molecule has 4 heteroatoms.